The second kappa shape index (κ2) is 6.97. The van der Waals surface area contributed by atoms with Crippen molar-refractivity contribution in [1.29, 1.82) is 0 Å². The van der Waals surface area contributed by atoms with Crippen LogP contribution in [0.5, 0.6) is 5.75 Å². The van der Waals surface area contributed by atoms with Gasteiger partial charge in [0.15, 0.2) is 6.61 Å². The molecule has 0 aliphatic carbocycles. The number of hydrogen-bond acceptors (Lipinski definition) is 4. The molecule has 1 aromatic carbocycles. The second-order valence-corrected chi connectivity index (χ2v) is 5.47. The monoisotopic (exact) mass is 293 g/mol. The van der Waals surface area contributed by atoms with E-state index in [2.05, 4.69) is 11.1 Å². The number of oxime groups is 1. The van der Waals surface area contributed by atoms with Crippen LogP contribution in [0.2, 0.25) is 5.02 Å². The van der Waals surface area contributed by atoms with Crippen molar-refractivity contribution in [2.24, 2.45) is 10.6 Å². The Kier molecular flexibility index (Phi) is 5.60. The Bertz CT molecular complexity index is 553. The van der Waals surface area contributed by atoms with E-state index < -0.39 is 5.41 Å². The first kappa shape index (κ1) is 16.1. The average molecular weight is 294 g/mol. The molecule has 1 rings (SSSR count). The predicted molar refractivity (Wildman–Crippen MR) is 78.9 cm³/mol. The summed E-state index contributed by atoms with van der Waals surface area (Å²) in [6.45, 7) is 5.38. The highest BCUT2D eigenvalue weighted by atomic mass is 35.5. The van der Waals surface area contributed by atoms with Crippen LogP contribution in [-0.2, 0) is 9.63 Å². The summed E-state index contributed by atoms with van der Waals surface area (Å²) in [5, 5.41) is 4.18. The van der Waals surface area contributed by atoms with Crippen molar-refractivity contribution in [2.75, 3.05) is 6.61 Å². The third-order valence-corrected chi connectivity index (χ3v) is 2.44. The lowest BCUT2D eigenvalue weighted by atomic mass is 9.97. The summed E-state index contributed by atoms with van der Waals surface area (Å²) in [4.78, 5) is 16.7. The van der Waals surface area contributed by atoms with Crippen LogP contribution >= 0.6 is 11.6 Å². The standard InChI is InChI=1S/C15H16ClNO3/c1-5-8-19-17-10-11-9-12(16)6-7-13(11)20-14(18)15(2,3)4/h1,6-7,9-10H,8H2,2-4H3. The van der Waals surface area contributed by atoms with Crippen molar-refractivity contribution >= 4 is 23.8 Å². The molecule has 0 aliphatic heterocycles. The molecule has 0 radical (unpaired) electrons. The topological polar surface area (TPSA) is 47.9 Å². The van der Waals surface area contributed by atoms with E-state index >= 15 is 0 Å². The average Bonchev–Trinajstić information content (AvgIpc) is 2.36. The molecule has 4 nitrogen and oxygen atoms in total. The molecule has 0 unspecified atom stereocenters. The van der Waals surface area contributed by atoms with Gasteiger partial charge in [-0.05, 0) is 39.0 Å². The molecule has 1 aromatic rings. The number of hydrogen-bond donors (Lipinski definition) is 0. The number of halogens is 1. The maximum absolute atomic E-state index is 11.9. The van der Waals surface area contributed by atoms with Gasteiger partial charge in [0.25, 0.3) is 0 Å². The Morgan fingerprint density at radius 3 is 2.80 bits per heavy atom. The Morgan fingerprint density at radius 2 is 2.20 bits per heavy atom. The van der Waals surface area contributed by atoms with Gasteiger partial charge in [0.2, 0.25) is 0 Å². The van der Waals surface area contributed by atoms with Gasteiger partial charge in [-0.3, -0.25) is 4.79 Å². The largest absolute Gasteiger partial charge is 0.425 e. The van der Waals surface area contributed by atoms with Gasteiger partial charge in [0.05, 0.1) is 11.6 Å². The predicted octanol–water partition coefficient (Wildman–Crippen LogP) is 3.28. The minimum Gasteiger partial charge on any atom is -0.425 e. The van der Waals surface area contributed by atoms with Crippen LogP contribution in [0.1, 0.15) is 26.3 Å². The summed E-state index contributed by atoms with van der Waals surface area (Å²) in [5.74, 6) is 2.30. The quantitative estimate of drug-likeness (QED) is 0.214. The van der Waals surface area contributed by atoms with E-state index in [1.807, 2.05) is 0 Å². The summed E-state index contributed by atoms with van der Waals surface area (Å²) in [6, 6.07) is 4.86. The van der Waals surface area contributed by atoms with Gasteiger partial charge < -0.3 is 9.57 Å². The Balaban J connectivity index is 2.94. The molecule has 0 N–H and O–H groups in total. The maximum Gasteiger partial charge on any atom is 0.316 e. The fourth-order valence-corrected chi connectivity index (χ4v) is 1.32. The van der Waals surface area contributed by atoms with Crippen molar-refractivity contribution in [1.82, 2.24) is 0 Å². The first-order chi connectivity index (χ1) is 9.34. The molecule has 0 aliphatic rings. The molecule has 0 atom stereocenters. The van der Waals surface area contributed by atoms with Crippen LogP contribution in [0.4, 0.5) is 0 Å². The molecule has 0 saturated carbocycles. The summed E-state index contributed by atoms with van der Waals surface area (Å²) >= 11 is 5.91. The van der Waals surface area contributed by atoms with Gasteiger partial charge in [-0.1, -0.05) is 22.7 Å². The van der Waals surface area contributed by atoms with E-state index in [0.29, 0.717) is 16.3 Å². The van der Waals surface area contributed by atoms with Crippen LogP contribution in [0.3, 0.4) is 0 Å². The van der Waals surface area contributed by atoms with Crippen LogP contribution in [-0.4, -0.2) is 18.8 Å². The molecule has 0 saturated heterocycles. The minimum absolute atomic E-state index is 0.0637. The molecule has 20 heavy (non-hydrogen) atoms. The minimum atomic E-state index is -0.603. The van der Waals surface area contributed by atoms with Crippen LogP contribution in [0.25, 0.3) is 0 Å². The molecule has 0 aromatic heterocycles. The Morgan fingerprint density at radius 1 is 1.50 bits per heavy atom. The number of terminal acetylenes is 1. The zero-order chi connectivity index (χ0) is 15.2. The molecular formula is C15H16ClNO3. The summed E-state index contributed by atoms with van der Waals surface area (Å²) in [6.07, 6.45) is 6.43. The molecule has 106 valence electrons. The van der Waals surface area contributed by atoms with E-state index in [-0.39, 0.29) is 12.6 Å². The number of nitrogens with zero attached hydrogens (tertiary/aromatic N) is 1. The Labute approximate surface area is 123 Å². The van der Waals surface area contributed by atoms with Crippen LogP contribution < -0.4 is 4.74 Å². The smallest absolute Gasteiger partial charge is 0.316 e. The third-order valence-electron chi connectivity index (χ3n) is 2.20. The Hall–Kier alpha value is -1.99. The SMILES string of the molecule is C#CCON=Cc1cc(Cl)ccc1OC(=O)C(C)(C)C. The van der Waals surface area contributed by atoms with E-state index in [4.69, 9.17) is 27.6 Å². The summed E-state index contributed by atoms with van der Waals surface area (Å²) in [7, 11) is 0. The summed E-state index contributed by atoms with van der Waals surface area (Å²) in [5.41, 5.74) is -0.0688. The van der Waals surface area contributed by atoms with Crippen molar-refractivity contribution < 1.29 is 14.4 Å². The molecule has 5 heteroatoms. The lowest BCUT2D eigenvalue weighted by Gasteiger charge is -2.17. The zero-order valence-corrected chi connectivity index (χ0v) is 12.4. The maximum atomic E-state index is 11.9. The normalized spacial score (nSPS) is 11.2. The van der Waals surface area contributed by atoms with Gasteiger partial charge in [-0.15, -0.1) is 6.42 Å². The van der Waals surface area contributed by atoms with Gasteiger partial charge in [0, 0.05) is 10.6 Å². The van der Waals surface area contributed by atoms with Crippen molar-refractivity contribution in [3.8, 4) is 18.1 Å². The lowest BCUT2D eigenvalue weighted by Crippen LogP contribution is -2.25. The van der Waals surface area contributed by atoms with E-state index in [1.54, 1.807) is 39.0 Å². The molecule has 0 fully saturated rings. The number of benzene rings is 1. The number of carbonyl (C=O) groups excluding carboxylic acids is 1. The lowest BCUT2D eigenvalue weighted by molar-refractivity contribution is -0.143. The fraction of sp³-hybridized carbons (Fsp3) is 0.333. The highest BCUT2D eigenvalue weighted by molar-refractivity contribution is 6.30. The molecule has 0 bridgehead atoms. The van der Waals surface area contributed by atoms with Crippen LogP contribution in [0.15, 0.2) is 23.4 Å². The van der Waals surface area contributed by atoms with E-state index in [1.165, 1.54) is 6.21 Å². The number of rotatable bonds is 4. The number of ether oxygens (including phenoxy) is 1. The first-order valence-corrected chi connectivity index (χ1v) is 6.33. The fourth-order valence-electron chi connectivity index (χ4n) is 1.13. The second-order valence-electron chi connectivity index (χ2n) is 5.03. The highest BCUT2D eigenvalue weighted by Gasteiger charge is 2.24. The number of carbonyl (C=O) groups is 1. The molecule has 0 amide bonds. The molecular weight excluding hydrogens is 278 g/mol. The zero-order valence-electron chi connectivity index (χ0n) is 11.6. The van der Waals surface area contributed by atoms with Gasteiger partial charge in [-0.2, -0.15) is 0 Å². The van der Waals surface area contributed by atoms with E-state index in [9.17, 15) is 4.79 Å². The van der Waals surface area contributed by atoms with Crippen molar-refractivity contribution in [3.63, 3.8) is 0 Å². The third kappa shape index (κ3) is 4.94. The molecule has 0 spiro atoms. The first-order valence-electron chi connectivity index (χ1n) is 5.95. The highest BCUT2D eigenvalue weighted by Crippen LogP contribution is 2.24. The van der Waals surface area contributed by atoms with Gasteiger partial charge >= 0.3 is 5.97 Å². The van der Waals surface area contributed by atoms with Crippen LogP contribution in [0, 0.1) is 17.8 Å². The summed E-state index contributed by atoms with van der Waals surface area (Å²) < 4.78 is 5.34. The van der Waals surface area contributed by atoms with E-state index in [0.717, 1.165) is 0 Å². The number of esters is 1. The van der Waals surface area contributed by atoms with Gasteiger partial charge in [-0.25, -0.2) is 0 Å². The van der Waals surface area contributed by atoms with Crippen molar-refractivity contribution in [3.05, 3.63) is 28.8 Å². The molecule has 0 heterocycles. The van der Waals surface area contributed by atoms with Crippen molar-refractivity contribution in [2.45, 2.75) is 20.8 Å². The van der Waals surface area contributed by atoms with Gasteiger partial charge in [0.1, 0.15) is 5.75 Å².